The number of nitrogens with zero attached hydrogens (tertiary/aromatic N) is 1. The second kappa shape index (κ2) is 6.18. The standard InChI is InChI=1S/C18H21ClN2/c1-18(16-7-3-2-4-8-16)14-21(11-10-20-18)13-15-6-5-9-17(19)12-15/h2-9,12,20H,10-11,13-14H2,1H3. The van der Waals surface area contributed by atoms with Crippen LogP contribution in [0.1, 0.15) is 18.1 Å². The minimum absolute atomic E-state index is 0.0120. The fourth-order valence-electron chi connectivity index (χ4n) is 3.10. The van der Waals surface area contributed by atoms with Crippen molar-refractivity contribution < 1.29 is 0 Å². The van der Waals surface area contributed by atoms with Crippen LogP contribution in [0.5, 0.6) is 0 Å². The van der Waals surface area contributed by atoms with Gasteiger partial charge in [-0.1, -0.05) is 54.1 Å². The Labute approximate surface area is 131 Å². The molecule has 0 radical (unpaired) electrons. The number of halogens is 1. The Bertz CT molecular complexity index is 599. The number of piperazine rings is 1. The van der Waals surface area contributed by atoms with Crippen molar-refractivity contribution in [2.75, 3.05) is 19.6 Å². The molecule has 0 bridgehead atoms. The summed E-state index contributed by atoms with van der Waals surface area (Å²) in [6.07, 6.45) is 0. The van der Waals surface area contributed by atoms with Crippen molar-refractivity contribution in [3.63, 3.8) is 0 Å². The fourth-order valence-corrected chi connectivity index (χ4v) is 3.31. The van der Waals surface area contributed by atoms with Crippen LogP contribution < -0.4 is 5.32 Å². The minimum atomic E-state index is 0.0120. The van der Waals surface area contributed by atoms with Crippen LogP contribution in [0.4, 0.5) is 0 Å². The monoisotopic (exact) mass is 300 g/mol. The molecule has 1 heterocycles. The molecule has 1 fully saturated rings. The van der Waals surface area contributed by atoms with Gasteiger partial charge >= 0.3 is 0 Å². The smallest absolute Gasteiger partial charge is 0.0535 e. The maximum Gasteiger partial charge on any atom is 0.0535 e. The molecule has 0 saturated carbocycles. The van der Waals surface area contributed by atoms with Gasteiger partial charge in [-0.2, -0.15) is 0 Å². The molecule has 2 nitrogen and oxygen atoms in total. The maximum atomic E-state index is 6.08. The van der Waals surface area contributed by atoms with Crippen molar-refractivity contribution in [3.05, 3.63) is 70.7 Å². The lowest BCUT2D eigenvalue weighted by atomic mass is 9.89. The van der Waals surface area contributed by atoms with E-state index >= 15 is 0 Å². The molecule has 1 unspecified atom stereocenters. The Morgan fingerprint density at radius 1 is 1.14 bits per heavy atom. The van der Waals surface area contributed by atoms with Gasteiger partial charge in [-0.15, -0.1) is 0 Å². The van der Waals surface area contributed by atoms with E-state index in [0.717, 1.165) is 31.2 Å². The average Bonchev–Trinajstić information content (AvgIpc) is 2.48. The summed E-state index contributed by atoms with van der Waals surface area (Å²) in [6, 6.07) is 18.9. The highest BCUT2D eigenvalue weighted by atomic mass is 35.5. The molecule has 1 saturated heterocycles. The predicted molar refractivity (Wildman–Crippen MR) is 88.5 cm³/mol. The molecule has 0 aromatic heterocycles. The van der Waals surface area contributed by atoms with Crippen molar-refractivity contribution in [3.8, 4) is 0 Å². The largest absolute Gasteiger partial charge is 0.305 e. The van der Waals surface area contributed by atoms with E-state index in [-0.39, 0.29) is 5.54 Å². The summed E-state index contributed by atoms with van der Waals surface area (Å²) in [4.78, 5) is 2.50. The number of hydrogen-bond acceptors (Lipinski definition) is 2. The van der Waals surface area contributed by atoms with E-state index in [1.807, 2.05) is 12.1 Å². The maximum absolute atomic E-state index is 6.08. The predicted octanol–water partition coefficient (Wildman–Crippen LogP) is 3.66. The average molecular weight is 301 g/mol. The zero-order valence-electron chi connectivity index (χ0n) is 12.3. The van der Waals surface area contributed by atoms with E-state index in [1.165, 1.54) is 11.1 Å². The molecule has 1 atom stereocenters. The molecule has 3 heteroatoms. The van der Waals surface area contributed by atoms with Gasteiger partial charge < -0.3 is 5.32 Å². The molecule has 2 aromatic rings. The summed E-state index contributed by atoms with van der Waals surface area (Å²) in [5, 5.41) is 4.48. The van der Waals surface area contributed by atoms with E-state index in [1.54, 1.807) is 0 Å². The number of hydrogen-bond donors (Lipinski definition) is 1. The Morgan fingerprint density at radius 2 is 1.95 bits per heavy atom. The fraction of sp³-hybridized carbons (Fsp3) is 0.333. The summed E-state index contributed by atoms with van der Waals surface area (Å²) in [7, 11) is 0. The zero-order valence-corrected chi connectivity index (χ0v) is 13.1. The second-order valence-corrected chi connectivity index (χ2v) is 6.40. The summed E-state index contributed by atoms with van der Waals surface area (Å²) in [6.45, 7) is 6.31. The Kier molecular flexibility index (Phi) is 4.29. The molecule has 1 aliphatic rings. The molecule has 3 rings (SSSR count). The van der Waals surface area contributed by atoms with Crippen LogP contribution in [0.3, 0.4) is 0 Å². The molecule has 2 aromatic carbocycles. The molecule has 110 valence electrons. The topological polar surface area (TPSA) is 15.3 Å². The van der Waals surface area contributed by atoms with Gasteiger partial charge in [0.25, 0.3) is 0 Å². The van der Waals surface area contributed by atoms with Gasteiger partial charge in [0.15, 0.2) is 0 Å². The van der Waals surface area contributed by atoms with Gasteiger partial charge in [0.1, 0.15) is 0 Å². The molecule has 0 aliphatic carbocycles. The van der Waals surface area contributed by atoms with E-state index in [0.29, 0.717) is 0 Å². The van der Waals surface area contributed by atoms with Gasteiger partial charge in [0.2, 0.25) is 0 Å². The molecule has 1 aliphatic heterocycles. The van der Waals surface area contributed by atoms with Crippen molar-refractivity contribution >= 4 is 11.6 Å². The third-order valence-corrected chi connectivity index (χ3v) is 4.42. The Balaban J connectivity index is 1.74. The van der Waals surface area contributed by atoms with Crippen molar-refractivity contribution in [2.24, 2.45) is 0 Å². The third kappa shape index (κ3) is 3.46. The van der Waals surface area contributed by atoms with E-state index in [9.17, 15) is 0 Å². The van der Waals surface area contributed by atoms with E-state index in [4.69, 9.17) is 11.6 Å². The van der Waals surface area contributed by atoms with Gasteiger partial charge in [0.05, 0.1) is 5.54 Å². The number of rotatable bonds is 3. The van der Waals surface area contributed by atoms with Crippen LogP contribution in [0.25, 0.3) is 0 Å². The highest BCUT2D eigenvalue weighted by Crippen LogP contribution is 2.25. The first-order valence-corrected chi connectivity index (χ1v) is 7.81. The van der Waals surface area contributed by atoms with Gasteiger partial charge in [0, 0.05) is 31.2 Å². The van der Waals surface area contributed by atoms with Crippen LogP contribution in [-0.2, 0) is 12.1 Å². The summed E-state index contributed by atoms with van der Waals surface area (Å²) in [5.41, 5.74) is 2.64. The molecule has 0 spiro atoms. The van der Waals surface area contributed by atoms with Gasteiger partial charge in [-0.25, -0.2) is 0 Å². The minimum Gasteiger partial charge on any atom is -0.305 e. The van der Waals surface area contributed by atoms with Crippen LogP contribution in [0, 0.1) is 0 Å². The second-order valence-electron chi connectivity index (χ2n) is 5.97. The van der Waals surface area contributed by atoms with Crippen molar-refractivity contribution in [1.29, 1.82) is 0 Å². The molecule has 0 amide bonds. The lowest BCUT2D eigenvalue weighted by molar-refractivity contribution is 0.136. The zero-order chi connectivity index (χ0) is 14.7. The van der Waals surface area contributed by atoms with E-state index < -0.39 is 0 Å². The highest BCUT2D eigenvalue weighted by Gasteiger charge is 2.31. The van der Waals surface area contributed by atoms with Crippen molar-refractivity contribution in [1.82, 2.24) is 10.2 Å². The van der Waals surface area contributed by atoms with Crippen molar-refractivity contribution in [2.45, 2.75) is 19.0 Å². The SMILES string of the molecule is CC1(c2ccccc2)CN(Cc2cccc(Cl)c2)CCN1. The first-order chi connectivity index (χ1) is 10.2. The van der Waals surface area contributed by atoms with Crippen LogP contribution >= 0.6 is 11.6 Å². The quantitative estimate of drug-likeness (QED) is 0.930. The molecular formula is C18H21ClN2. The van der Waals surface area contributed by atoms with E-state index in [2.05, 4.69) is 59.6 Å². The molecule has 21 heavy (non-hydrogen) atoms. The van der Waals surface area contributed by atoms with Crippen LogP contribution in [0.2, 0.25) is 5.02 Å². The summed E-state index contributed by atoms with van der Waals surface area (Å²) >= 11 is 6.08. The normalized spacial score (nSPS) is 23.1. The van der Waals surface area contributed by atoms with Gasteiger partial charge in [-0.3, -0.25) is 4.90 Å². The number of benzene rings is 2. The summed E-state index contributed by atoms with van der Waals surface area (Å²) in [5.74, 6) is 0. The first kappa shape index (κ1) is 14.6. The van der Waals surface area contributed by atoms with Gasteiger partial charge in [-0.05, 0) is 30.2 Å². The highest BCUT2D eigenvalue weighted by molar-refractivity contribution is 6.30. The molecule has 1 N–H and O–H groups in total. The number of nitrogens with one attached hydrogen (secondary N) is 1. The van der Waals surface area contributed by atoms with Crippen LogP contribution in [0.15, 0.2) is 54.6 Å². The third-order valence-electron chi connectivity index (χ3n) is 4.19. The Hall–Kier alpha value is -1.35. The lowest BCUT2D eigenvalue weighted by Gasteiger charge is -2.42. The molecular weight excluding hydrogens is 280 g/mol. The Morgan fingerprint density at radius 3 is 2.71 bits per heavy atom. The summed E-state index contributed by atoms with van der Waals surface area (Å²) < 4.78 is 0. The van der Waals surface area contributed by atoms with Crippen LogP contribution in [-0.4, -0.2) is 24.5 Å². The lowest BCUT2D eigenvalue weighted by Crippen LogP contribution is -2.56. The first-order valence-electron chi connectivity index (χ1n) is 7.43.